The van der Waals surface area contributed by atoms with Crippen molar-refractivity contribution in [1.29, 1.82) is 0 Å². The Morgan fingerprint density at radius 3 is 2.64 bits per heavy atom. The van der Waals surface area contributed by atoms with E-state index in [-0.39, 0.29) is 0 Å². The number of H-pyrrole nitrogens is 1. The van der Waals surface area contributed by atoms with Crippen LogP contribution >= 0.6 is 0 Å². The maximum atomic E-state index is 12.6. The standard InChI is InChI=1S/C9H8FN3O/c10-8-9(14)13(12-11-8)6-7-4-2-1-3-5-7/h1-5,12H,6H2. The lowest BCUT2D eigenvalue weighted by Gasteiger charge is -1.99. The van der Waals surface area contributed by atoms with Gasteiger partial charge in [-0.25, -0.2) is 9.90 Å². The van der Waals surface area contributed by atoms with Gasteiger partial charge in [0.15, 0.2) is 0 Å². The largest absolute Gasteiger partial charge is 0.323 e. The molecule has 1 aromatic heterocycles. The first-order valence-corrected chi connectivity index (χ1v) is 4.12. The molecule has 0 atom stereocenters. The van der Waals surface area contributed by atoms with Crippen LogP contribution in [0.2, 0.25) is 0 Å². The van der Waals surface area contributed by atoms with Crippen LogP contribution in [0.15, 0.2) is 35.1 Å². The summed E-state index contributed by atoms with van der Waals surface area (Å²) in [7, 11) is 0. The zero-order valence-corrected chi connectivity index (χ0v) is 7.27. The average Bonchev–Trinajstić information content (AvgIpc) is 2.52. The molecule has 0 bridgehead atoms. The Kier molecular flexibility index (Phi) is 2.14. The highest BCUT2D eigenvalue weighted by Crippen LogP contribution is 1.98. The molecule has 0 unspecified atom stereocenters. The van der Waals surface area contributed by atoms with E-state index < -0.39 is 11.5 Å². The Balaban J connectivity index is 2.28. The number of nitrogens with one attached hydrogen (secondary N) is 1. The lowest BCUT2D eigenvalue weighted by molar-refractivity contribution is 0.571. The number of halogens is 1. The van der Waals surface area contributed by atoms with Crippen LogP contribution in [0.3, 0.4) is 0 Å². The minimum Gasteiger partial charge on any atom is -0.262 e. The first kappa shape index (κ1) is 8.68. The first-order chi connectivity index (χ1) is 6.77. The van der Waals surface area contributed by atoms with Crippen LogP contribution in [0, 0.1) is 5.95 Å². The van der Waals surface area contributed by atoms with Crippen molar-refractivity contribution in [2.24, 2.45) is 0 Å². The Hall–Kier alpha value is -1.91. The molecule has 0 radical (unpaired) electrons. The molecule has 0 aliphatic rings. The van der Waals surface area contributed by atoms with E-state index in [1.54, 1.807) is 0 Å². The van der Waals surface area contributed by atoms with Gasteiger partial charge >= 0.3 is 5.56 Å². The molecule has 0 saturated heterocycles. The molecule has 4 nitrogen and oxygen atoms in total. The number of hydrogen-bond acceptors (Lipinski definition) is 2. The molecule has 0 aliphatic heterocycles. The Labute approximate surface area is 79.0 Å². The molecule has 5 heteroatoms. The van der Waals surface area contributed by atoms with Gasteiger partial charge < -0.3 is 0 Å². The average molecular weight is 193 g/mol. The van der Waals surface area contributed by atoms with E-state index in [2.05, 4.69) is 10.3 Å². The van der Waals surface area contributed by atoms with Gasteiger partial charge in [-0.15, -0.1) is 5.10 Å². The number of hydrogen-bond donors (Lipinski definition) is 1. The predicted octanol–water partition coefficient (Wildman–Crippen LogP) is 0.759. The number of aromatic nitrogens is 3. The van der Waals surface area contributed by atoms with E-state index in [4.69, 9.17) is 0 Å². The summed E-state index contributed by atoms with van der Waals surface area (Å²) in [6.45, 7) is 0.302. The molecule has 1 N–H and O–H groups in total. The summed E-state index contributed by atoms with van der Waals surface area (Å²) >= 11 is 0. The molecule has 0 aliphatic carbocycles. The SMILES string of the molecule is O=c1c(F)n[nH]n1Cc1ccccc1. The molecule has 72 valence electrons. The second-order valence-corrected chi connectivity index (χ2v) is 2.88. The molecule has 14 heavy (non-hydrogen) atoms. The van der Waals surface area contributed by atoms with Crippen molar-refractivity contribution in [3.63, 3.8) is 0 Å². The van der Waals surface area contributed by atoms with E-state index in [0.29, 0.717) is 6.54 Å². The Morgan fingerprint density at radius 2 is 2.07 bits per heavy atom. The molecular weight excluding hydrogens is 185 g/mol. The van der Waals surface area contributed by atoms with Crippen LogP contribution in [0.4, 0.5) is 4.39 Å². The van der Waals surface area contributed by atoms with Gasteiger partial charge in [-0.05, 0) is 5.56 Å². The highest BCUT2D eigenvalue weighted by Gasteiger charge is 2.05. The molecule has 2 rings (SSSR count). The zero-order chi connectivity index (χ0) is 9.97. The lowest BCUT2D eigenvalue weighted by atomic mass is 10.2. The minimum atomic E-state index is -0.999. The summed E-state index contributed by atoms with van der Waals surface area (Å²) in [5.41, 5.74) is 0.187. The van der Waals surface area contributed by atoms with Crippen LogP contribution in [-0.2, 0) is 6.54 Å². The quantitative estimate of drug-likeness (QED) is 0.765. The fraction of sp³-hybridized carbons (Fsp3) is 0.111. The smallest absolute Gasteiger partial charge is 0.262 e. The van der Waals surface area contributed by atoms with Gasteiger partial charge in [0.2, 0.25) is 0 Å². The third kappa shape index (κ3) is 1.56. The summed E-state index contributed by atoms with van der Waals surface area (Å²) in [5.74, 6) is -0.999. The molecular formula is C9H8FN3O. The van der Waals surface area contributed by atoms with Gasteiger partial charge in [-0.2, -0.15) is 4.39 Å². The van der Waals surface area contributed by atoms with E-state index in [1.165, 1.54) is 0 Å². The lowest BCUT2D eigenvalue weighted by Crippen LogP contribution is -2.18. The minimum absolute atomic E-state index is 0.302. The van der Waals surface area contributed by atoms with Gasteiger partial charge in [0.1, 0.15) is 0 Å². The van der Waals surface area contributed by atoms with Crippen molar-refractivity contribution in [3.8, 4) is 0 Å². The van der Waals surface area contributed by atoms with E-state index in [1.807, 2.05) is 30.3 Å². The number of aromatic amines is 1. The fourth-order valence-corrected chi connectivity index (χ4v) is 1.18. The summed E-state index contributed by atoms with van der Waals surface area (Å²) in [5, 5.41) is 5.47. The summed E-state index contributed by atoms with van der Waals surface area (Å²) in [4.78, 5) is 11.1. The van der Waals surface area contributed by atoms with E-state index >= 15 is 0 Å². The van der Waals surface area contributed by atoms with Gasteiger partial charge in [0.25, 0.3) is 5.95 Å². The van der Waals surface area contributed by atoms with Crippen LogP contribution < -0.4 is 5.56 Å². The topological polar surface area (TPSA) is 50.7 Å². The highest BCUT2D eigenvalue weighted by atomic mass is 19.1. The maximum Gasteiger partial charge on any atom is 0.323 e. The van der Waals surface area contributed by atoms with Crippen LogP contribution in [0.1, 0.15) is 5.56 Å². The van der Waals surface area contributed by atoms with Gasteiger partial charge in [0, 0.05) is 0 Å². The Bertz CT molecular complexity index is 474. The summed E-state index contributed by atoms with van der Waals surface area (Å²) in [6.07, 6.45) is 0. The molecule has 1 aromatic carbocycles. The number of nitrogens with zero attached hydrogens (tertiary/aromatic N) is 2. The summed E-state index contributed by atoms with van der Waals surface area (Å²) < 4.78 is 13.7. The molecule has 1 heterocycles. The molecule has 0 amide bonds. The van der Waals surface area contributed by atoms with Crippen molar-refractivity contribution in [1.82, 2.24) is 15.0 Å². The monoisotopic (exact) mass is 193 g/mol. The number of benzene rings is 1. The van der Waals surface area contributed by atoms with Crippen molar-refractivity contribution >= 4 is 0 Å². The maximum absolute atomic E-state index is 12.6. The van der Waals surface area contributed by atoms with Gasteiger partial charge in [0.05, 0.1) is 6.54 Å². The van der Waals surface area contributed by atoms with Crippen LogP contribution in [0.5, 0.6) is 0 Å². The molecule has 0 fully saturated rings. The van der Waals surface area contributed by atoms with Crippen molar-refractivity contribution in [3.05, 3.63) is 52.2 Å². The van der Waals surface area contributed by atoms with Crippen LogP contribution in [0.25, 0.3) is 0 Å². The third-order valence-corrected chi connectivity index (χ3v) is 1.87. The fourth-order valence-electron chi connectivity index (χ4n) is 1.18. The second kappa shape index (κ2) is 3.45. The van der Waals surface area contributed by atoms with Crippen molar-refractivity contribution in [2.75, 3.05) is 0 Å². The second-order valence-electron chi connectivity index (χ2n) is 2.88. The first-order valence-electron chi connectivity index (χ1n) is 4.12. The van der Waals surface area contributed by atoms with Gasteiger partial charge in [-0.1, -0.05) is 30.3 Å². The number of rotatable bonds is 2. The molecule has 2 aromatic rings. The van der Waals surface area contributed by atoms with Crippen molar-refractivity contribution < 1.29 is 4.39 Å². The van der Waals surface area contributed by atoms with E-state index in [9.17, 15) is 9.18 Å². The predicted molar refractivity (Wildman–Crippen MR) is 48.3 cm³/mol. The highest BCUT2D eigenvalue weighted by molar-refractivity contribution is 5.14. The third-order valence-electron chi connectivity index (χ3n) is 1.87. The van der Waals surface area contributed by atoms with E-state index in [0.717, 1.165) is 10.2 Å². The van der Waals surface area contributed by atoms with Gasteiger partial charge in [-0.3, -0.25) is 4.79 Å². The molecule has 0 saturated carbocycles. The molecule has 0 spiro atoms. The zero-order valence-electron chi connectivity index (χ0n) is 7.27. The van der Waals surface area contributed by atoms with Crippen LogP contribution in [-0.4, -0.2) is 15.0 Å². The Morgan fingerprint density at radius 1 is 1.36 bits per heavy atom. The van der Waals surface area contributed by atoms with Crippen molar-refractivity contribution in [2.45, 2.75) is 6.54 Å². The normalized spacial score (nSPS) is 10.4. The summed E-state index contributed by atoms with van der Waals surface area (Å²) in [6, 6.07) is 9.29.